The normalized spacial score (nSPS) is 15.4. The van der Waals surface area contributed by atoms with Gasteiger partial charge in [-0.25, -0.2) is 9.37 Å². The summed E-state index contributed by atoms with van der Waals surface area (Å²) < 4.78 is 15.4. The first-order chi connectivity index (χ1) is 13.5. The van der Waals surface area contributed by atoms with Crippen molar-refractivity contribution in [2.75, 3.05) is 13.1 Å². The molecule has 1 saturated heterocycles. The molecule has 0 atom stereocenters. The van der Waals surface area contributed by atoms with Gasteiger partial charge in [0.15, 0.2) is 0 Å². The van der Waals surface area contributed by atoms with E-state index in [0.29, 0.717) is 18.4 Å². The Kier molecular flexibility index (Phi) is 6.87. The Morgan fingerprint density at radius 1 is 1.18 bits per heavy atom. The molecular formula is C23H32FN3O. The van der Waals surface area contributed by atoms with Crippen molar-refractivity contribution in [2.24, 2.45) is 11.8 Å². The number of aryl methyl sites for hydroxylation is 1. The summed E-state index contributed by atoms with van der Waals surface area (Å²) in [5.41, 5.74) is 2.20. The highest BCUT2D eigenvalue weighted by Gasteiger charge is 2.27. The average molecular weight is 386 g/mol. The Morgan fingerprint density at radius 2 is 1.82 bits per heavy atom. The van der Waals surface area contributed by atoms with Gasteiger partial charge in [0, 0.05) is 43.9 Å². The van der Waals surface area contributed by atoms with Gasteiger partial charge in [-0.1, -0.05) is 26.0 Å². The number of carbonyl (C=O) groups excluding carboxylic acids is 1. The lowest BCUT2D eigenvalue weighted by atomic mass is 9.91. The Labute approximate surface area is 167 Å². The highest BCUT2D eigenvalue weighted by Crippen LogP contribution is 2.24. The van der Waals surface area contributed by atoms with Crippen LogP contribution in [0.25, 0.3) is 0 Å². The summed E-state index contributed by atoms with van der Waals surface area (Å²) >= 11 is 0. The van der Waals surface area contributed by atoms with Crippen LogP contribution >= 0.6 is 0 Å². The number of hydrogen-bond donors (Lipinski definition) is 0. The molecule has 0 bridgehead atoms. The van der Waals surface area contributed by atoms with Crippen LogP contribution in [0.3, 0.4) is 0 Å². The summed E-state index contributed by atoms with van der Waals surface area (Å²) in [6.07, 6.45) is 6.78. The van der Waals surface area contributed by atoms with Crippen LogP contribution in [0.15, 0.2) is 30.5 Å². The van der Waals surface area contributed by atoms with Crippen molar-refractivity contribution in [3.05, 3.63) is 53.4 Å². The molecule has 1 aromatic heterocycles. The molecule has 2 heterocycles. The fourth-order valence-electron chi connectivity index (χ4n) is 4.17. The molecule has 152 valence electrons. The van der Waals surface area contributed by atoms with Crippen LogP contribution in [0.1, 0.15) is 56.6 Å². The van der Waals surface area contributed by atoms with Gasteiger partial charge in [0.2, 0.25) is 5.91 Å². The second-order valence-corrected chi connectivity index (χ2v) is 8.01. The molecule has 1 aromatic carbocycles. The van der Waals surface area contributed by atoms with Crippen molar-refractivity contribution < 1.29 is 9.18 Å². The lowest BCUT2D eigenvalue weighted by Gasteiger charge is -2.34. The minimum Gasteiger partial charge on any atom is -0.342 e. The molecule has 4 nitrogen and oxygen atoms in total. The molecule has 1 amide bonds. The average Bonchev–Trinajstić information content (AvgIpc) is 3.04. The number of halogens is 1. The van der Waals surface area contributed by atoms with Gasteiger partial charge in [-0.05, 0) is 56.2 Å². The summed E-state index contributed by atoms with van der Waals surface area (Å²) in [6, 6.07) is 6.68. The highest BCUT2D eigenvalue weighted by molar-refractivity contribution is 5.78. The molecule has 0 N–H and O–H groups in total. The molecule has 3 rings (SSSR count). The van der Waals surface area contributed by atoms with E-state index in [-0.39, 0.29) is 11.7 Å². The topological polar surface area (TPSA) is 38.1 Å². The summed E-state index contributed by atoms with van der Waals surface area (Å²) in [5.74, 6) is 1.94. The van der Waals surface area contributed by atoms with Gasteiger partial charge in [-0.2, -0.15) is 0 Å². The van der Waals surface area contributed by atoms with Crippen LogP contribution in [0.4, 0.5) is 4.39 Å². The standard InChI is InChI=1S/C23H32FN3O/c1-4-20(5-2)23(28)26-12-10-18(11-13-26)14-22-25-15-17(3)27(22)16-19-6-8-21(24)9-7-19/h6-9,15,18,20H,4-5,10-14,16H2,1-3H3. The molecule has 1 fully saturated rings. The van der Waals surface area contributed by atoms with Crippen LogP contribution < -0.4 is 0 Å². The maximum atomic E-state index is 13.2. The van der Waals surface area contributed by atoms with Gasteiger partial charge in [0.25, 0.3) is 0 Å². The Bertz CT molecular complexity index is 772. The van der Waals surface area contributed by atoms with E-state index in [1.54, 1.807) is 0 Å². The van der Waals surface area contributed by atoms with Gasteiger partial charge < -0.3 is 9.47 Å². The smallest absolute Gasteiger partial charge is 0.225 e. The highest BCUT2D eigenvalue weighted by atomic mass is 19.1. The van der Waals surface area contributed by atoms with E-state index in [1.807, 2.05) is 18.3 Å². The van der Waals surface area contributed by atoms with Crippen LogP contribution in [0, 0.1) is 24.6 Å². The quantitative estimate of drug-likeness (QED) is 0.699. The SMILES string of the molecule is CCC(CC)C(=O)N1CCC(Cc2ncc(C)n2Cc2ccc(F)cc2)CC1. The Hall–Kier alpha value is -2.17. The number of benzene rings is 1. The molecule has 0 aliphatic carbocycles. The van der Waals surface area contributed by atoms with Crippen LogP contribution in [-0.2, 0) is 17.8 Å². The number of piperidine rings is 1. The summed E-state index contributed by atoms with van der Waals surface area (Å²) in [5, 5.41) is 0. The van der Waals surface area contributed by atoms with Crippen molar-refractivity contribution in [1.29, 1.82) is 0 Å². The van der Waals surface area contributed by atoms with Gasteiger partial charge >= 0.3 is 0 Å². The van der Waals surface area contributed by atoms with Crippen LogP contribution in [0.2, 0.25) is 0 Å². The molecule has 0 saturated carbocycles. The van der Waals surface area contributed by atoms with Crippen molar-refractivity contribution in [3.8, 4) is 0 Å². The molecule has 5 heteroatoms. The number of hydrogen-bond acceptors (Lipinski definition) is 2. The van der Waals surface area contributed by atoms with E-state index in [0.717, 1.165) is 62.3 Å². The zero-order chi connectivity index (χ0) is 20.1. The number of aromatic nitrogens is 2. The van der Waals surface area contributed by atoms with E-state index >= 15 is 0 Å². The fourth-order valence-corrected chi connectivity index (χ4v) is 4.17. The first kappa shape index (κ1) is 20.6. The van der Waals surface area contributed by atoms with Gasteiger partial charge in [-0.15, -0.1) is 0 Å². The van der Waals surface area contributed by atoms with Gasteiger partial charge in [0.1, 0.15) is 11.6 Å². The lowest BCUT2D eigenvalue weighted by Crippen LogP contribution is -2.42. The van der Waals surface area contributed by atoms with Crippen molar-refractivity contribution in [1.82, 2.24) is 14.5 Å². The first-order valence-electron chi connectivity index (χ1n) is 10.6. The zero-order valence-electron chi connectivity index (χ0n) is 17.3. The van der Waals surface area contributed by atoms with Crippen LogP contribution in [0.5, 0.6) is 0 Å². The van der Waals surface area contributed by atoms with Crippen molar-refractivity contribution in [2.45, 2.75) is 59.4 Å². The first-order valence-corrected chi connectivity index (χ1v) is 10.6. The predicted molar refractivity (Wildman–Crippen MR) is 110 cm³/mol. The molecule has 1 aliphatic heterocycles. The van der Waals surface area contributed by atoms with Gasteiger partial charge in [0.05, 0.1) is 0 Å². The molecule has 0 unspecified atom stereocenters. The minimum absolute atomic E-state index is 0.175. The number of carbonyl (C=O) groups is 1. The predicted octanol–water partition coefficient (Wildman–Crippen LogP) is 4.60. The zero-order valence-corrected chi connectivity index (χ0v) is 17.3. The monoisotopic (exact) mass is 385 g/mol. The van der Waals surface area contributed by atoms with E-state index in [4.69, 9.17) is 0 Å². The Morgan fingerprint density at radius 3 is 2.43 bits per heavy atom. The second-order valence-electron chi connectivity index (χ2n) is 8.01. The number of nitrogens with zero attached hydrogens (tertiary/aromatic N) is 3. The largest absolute Gasteiger partial charge is 0.342 e. The van der Waals surface area contributed by atoms with Gasteiger partial charge in [-0.3, -0.25) is 4.79 Å². The number of amides is 1. The molecule has 0 radical (unpaired) electrons. The number of likely N-dealkylation sites (tertiary alicyclic amines) is 1. The van der Waals surface area contributed by atoms with Crippen molar-refractivity contribution >= 4 is 5.91 Å². The third-order valence-corrected chi connectivity index (χ3v) is 6.12. The summed E-state index contributed by atoms with van der Waals surface area (Å²) in [7, 11) is 0. The molecule has 1 aliphatic rings. The molecule has 2 aromatic rings. The number of imidazole rings is 1. The van der Waals surface area contributed by atoms with E-state index in [2.05, 4.69) is 35.2 Å². The minimum atomic E-state index is -0.207. The van der Waals surface area contributed by atoms with E-state index in [1.165, 1.54) is 12.1 Å². The molecular weight excluding hydrogens is 353 g/mol. The summed E-state index contributed by atoms with van der Waals surface area (Å²) in [4.78, 5) is 19.3. The maximum Gasteiger partial charge on any atom is 0.225 e. The van der Waals surface area contributed by atoms with E-state index in [9.17, 15) is 9.18 Å². The van der Waals surface area contributed by atoms with E-state index < -0.39 is 0 Å². The number of rotatable bonds is 7. The Balaban J connectivity index is 1.60. The molecule has 28 heavy (non-hydrogen) atoms. The fraction of sp³-hybridized carbons (Fsp3) is 0.565. The second kappa shape index (κ2) is 9.35. The lowest BCUT2D eigenvalue weighted by molar-refractivity contribution is -0.137. The van der Waals surface area contributed by atoms with Crippen LogP contribution in [-0.4, -0.2) is 33.4 Å². The van der Waals surface area contributed by atoms with Crippen molar-refractivity contribution in [3.63, 3.8) is 0 Å². The third kappa shape index (κ3) is 4.81. The maximum absolute atomic E-state index is 13.2. The molecule has 0 spiro atoms. The third-order valence-electron chi connectivity index (χ3n) is 6.12. The summed E-state index contributed by atoms with van der Waals surface area (Å²) in [6.45, 7) is 8.70.